The van der Waals surface area contributed by atoms with Crippen molar-refractivity contribution in [2.45, 2.75) is 89.1 Å². The van der Waals surface area contributed by atoms with Gasteiger partial charge in [-0.3, -0.25) is 0 Å². The van der Waals surface area contributed by atoms with Crippen LogP contribution in [0.1, 0.15) is 65.9 Å². The lowest BCUT2D eigenvalue weighted by molar-refractivity contribution is -0.257. The monoisotopic (exact) mass is 530 g/mol. The van der Waals surface area contributed by atoms with E-state index in [9.17, 15) is 5.11 Å². The van der Waals surface area contributed by atoms with E-state index in [1.807, 2.05) is 25.1 Å². The lowest BCUT2D eigenvalue weighted by Gasteiger charge is -2.63. The summed E-state index contributed by atoms with van der Waals surface area (Å²) in [4.78, 5) is 0. The maximum absolute atomic E-state index is 11.8. The molecule has 3 nitrogen and oxygen atoms in total. The molecule has 4 bridgehead atoms. The van der Waals surface area contributed by atoms with Crippen LogP contribution in [-0.2, 0) is 15.9 Å². The van der Waals surface area contributed by atoms with E-state index in [2.05, 4.69) is 63.4 Å². The van der Waals surface area contributed by atoms with Crippen LogP contribution < -0.4 is 0 Å². The molecule has 200 valence electrons. The molecule has 1 saturated heterocycles. The fraction of sp³-hybridized carbons (Fsp3) is 0.806. The molecule has 1 aromatic carbocycles. The lowest BCUT2D eigenvalue weighted by atomic mass is 9.45. The van der Waals surface area contributed by atoms with Crippen molar-refractivity contribution in [3.63, 3.8) is 0 Å². The maximum Gasteiger partial charge on any atom is 0.186 e. The predicted molar refractivity (Wildman–Crippen MR) is 151 cm³/mol. The molecular formula is C31H46O3S2. The molecule has 1 aliphatic heterocycles. The molecule has 1 aromatic rings. The van der Waals surface area contributed by atoms with Gasteiger partial charge in [0, 0.05) is 22.0 Å². The highest BCUT2D eigenvalue weighted by Crippen LogP contribution is 2.65. The van der Waals surface area contributed by atoms with E-state index in [4.69, 9.17) is 9.47 Å². The van der Waals surface area contributed by atoms with Crippen molar-refractivity contribution in [1.29, 1.82) is 0 Å². The summed E-state index contributed by atoms with van der Waals surface area (Å²) in [5, 5.41) is 14.3. The van der Waals surface area contributed by atoms with Gasteiger partial charge in [-0.2, -0.15) is 0 Å². The molecule has 1 N–H and O–H groups in total. The molecule has 0 radical (unpaired) electrons. The molecule has 1 heterocycles. The van der Waals surface area contributed by atoms with Crippen molar-refractivity contribution < 1.29 is 14.6 Å². The van der Waals surface area contributed by atoms with E-state index in [-0.39, 0.29) is 0 Å². The molecule has 6 aliphatic carbocycles. The van der Waals surface area contributed by atoms with Crippen LogP contribution in [0.25, 0.3) is 0 Å². The maximum atomic E-state index is 11.8. The molecule has 0 amide bonds. The fourth-order valence-corrected chi connectivity index (χ4v) is 12.2. The topological polar surface area (TPSA) is 38.7 Å². The standard InChI is InChI=1S/C31H46O3S2/c1-29(2)20-11-24(29)22-16-33-28(31(5,32)15-19-9-7-6-8-10-19)34-17-23-25-12-21(30(25,3)4)14-27(23)36-18-35-26(22)13-20/h6-10,20-28,32H,11-18H2,1-5H3/t20-,21-,22+,23+,24+,25+,26+,27+,31-/m1/s1. The van der Waals surface area contributed by atoms with Gasteiger partial charge in [0.2, 0.25) is 0 Å². The average molecular weight is 531 g/mol. The Morgan fingerprint density at radius 3 is 1.81 bits per heavy atom. The second-order valence-electron chi connectivity index (χ2n) is 14.1. The van der Waals surface area contributed by atoms with E-state index in [0.29, 0.717) is 52.8 Å². The van der Waals surface area contributed by atoms with Crippen LogP contribution in [0, 0.1) is 46.3 Å². The van der Waals surface area contributed by atoms with E-state index < -0.39 is 11.9 Å². The van der Waals surface area contributed by atoms with Gasteiger partial charge in [-0.15, -0.1) is 23.5 Å². The average Bonchev–Trinajstić information content (AvgIpc) is 2.83. The summed E-state index contributed by atoms with van der Waals surface area (Å²) in [5.74, 6) is 4.25. The summed E-state index contributed by atoms with van der Waals surface area (Å²) in [5.41, 5.74) is 0.887. The van der Waals surface area contributed by atoms with E-state index in [1.165, 1.54) is 30.8 Å². The molecule has 0 unspecified atom stereocenters. The van der Waals surface area contributed by atoms with Gasteiger partial charge in [0.1, 0.15) is 5.60 Å². The third-order valence-corrected chi connectivity index (χ3v) is 14.5. The van der Waals surface area contributed by atoms with Gasteiger partial charge in [0.25, 0.3) is 0 Å². The zero-order valence-electron chi connectivity index (χ0n) is 22.8. The van der Waals surface area contributed by atoms with Crippen LogP contribution in [0.5, 0.6) is 0 Å². The molecule has 9 atom stereocenters. The van der Waals surface area contributed by atoms with Crippen LogP contribution in [0.15, 0.2) is 30.3 Å². The zero-order chi connectivity index (χ0) is 25.3. The quantitative estimate of drug-likeness (QED) is 0.461. The van der Waals surface area contributed by atoms with Crippen LogP contribution in [0.4, 0.5) is 0 Å². The van der Waals surface area contributed by atoms with Gasteiger partial charge in [-0.1, -0.05) is 58.0 Å². The van der Waals surface area contributed by atoms with Crippen LogP contribution >= 0.6 is 23.5 Å². The predicted octanol–water partition coefficient (Wildman–Crippen LogP) is 6.88. The van der Waals surface area contributed by atoms with E-state index >= 15 is 0 Å². The third kappa shape index (κ3) is 4.41. The molecule has 0 aromatic heterocycles. The first kappa shape index (κ1) is 26.0. The first-order chi connectivity index (χ1) is 17.1. The van der Waals surface area contributed by atoms with Gasteiger partial charge in [0.15, 0.2) is 6.29 Å². The first-order valence-electron chi connectivity index (χ1n) is 14.3. The van der Waals surface area contributed by atoms with Crippen molar-refractivity contribution in [3.8, 4) is 0 Å². The van der Waals surface area contributed by atoms with Gasteiger partial charge in [-0.25, -0.2) is 0 Å². The fourth-order valence-electron chi connectivity index (χ4n) is 8.74. The van der Waals surface area contributed by atoms with E-state index in [1.54, 1.807) is 0 Å². The van der Waals surface area contributed by atoms with Crippen molar-refractivity contribution in [2.75, 3.05) is 18.3 Å². The third-order valence-electron chi connectivity index (χ3n) is 11.5. The van der Waals surface area contributed by atoms with Crippen molar-refractivity contribution in [3.05, 3.63) is 35.9 Å². The highest BCUT2D eigenvalue weighted by atomic mass is 32.2. The van der Waals surface area contributed by atoms with E-state index in [0.717, 1.165) is 29.2 Å². The minimum absolute atomic E-state index is 0.416. The van der Waals surface area contributed by atoms with Gasteiger partial charge in [0.05, 0.1) is 13.2 Å². The Labute approximate surface area is 227 Å². The normalized spacial score (nSPS) is 44.8. The Hall–Kier alpha value is -0.200. The number of rotatable bonds is 3. The molecule has 36 heavy (non-hydrogen) atoms. The second kappa shape index (κ2) is 9.47. The number of thioether (sulfide) groups is 2. The Morgan fingerprint density at radius 2 is 1.33 bits per heavy atom. The summed E-state index contributed by atoms with van der Waals surface area (Å²) in [6.45, 7) is 13.2. The summed E-state index contributed by atoms with van der Waals surface area (Å²) < 4.78 is 13.4. The number of benzene rings is 1. The summed E-state index contributed by atoms with van der Waals surface area (Å²) in [7, 11) is 0. The van der Waals surface area contributed by atoms with Crippen LogP contribution in [0.2, 0.25) is 0 Å². The second-order valence-corrected chi connectivity index (χ2v) is 16.9. The Bertz CT molecular complexity index is 883. The molecule has 7 fully saturated rings. The molecule has 6 saturated carbocycles. The highest BCUT2D eigenvalue weighted by Gasteiger charge is 2.60. The van der Waals surface area contributed by atoms with Crippen molar-refractivity contribution >= 4 is 23.5 Å². The summed E-state index contributed by atoms with van der Waals surface area (Å²) in [6, 6.07) is 10.3. The molecule has 8 rings (SSSR count). The first-order valence-corrected chi connectivity index (χ1v) is 16.4. The van der Waals surface area contributed by atoms with Crippen LogP contribution in [-0.4, -0.2) is 45.8 Å². The minimum Gasteiger partial charge on any atom is -0.385 e. The number of aliphatic hydroxyl groups is 1. The number of ether oxygens (including phenoxy) is 2. The lowest BCUT2D eigenvalue weighted by Crippen LogP contribution is -2.60. The summed E-state index contributed by atoms with van der Waals surface area (Å²) >= 11 is 4.44. The molecule has 5 heteroatoms. The Morgan fingerprint density at radius 1 is 0.833 bits per heavy atom. The van der Waals surface area contributed by atoms with Gasteiger partial charge in [-0.05, 0) is 84.5 Å². The van der Waals surface area contributed by atoms with Crippen molar-refractivity contribution in [2.24, 2.45) is 46.3 Å². The molecule has 7 aliphatic rings. The number of hydrogen-bond acceptors (Lipinski definition) is 5. The van der Waals surface area contributed by atoms with Gasteiger partial charge >= 0.3 is 0 Å². The van der Waals surface area contributed by atoms with Gasteiger partial charge < -0.3 is 14.6 Å². The zero-order valence-corrected chi connectivity index (χ0v) is 24.5. The smallest absolute Gasteiger partial charge is 0.186 e. The summed E-state index contributed by atoms with van der Waals surface area (Å²) in [6.07, 6.45) is 5.27. The SMILES string of the molecule is CC1(C)[C@H]2C[C@@H]3SCS[C@H]4C[C@H]5C[C@@H]([C@@H]4COC([C@](C)(O)Cc4ccccc4)OC[C@H]3[C@@H]1C2)C5(C)C. The Balaban J connectivity index is 1.25. The minimum atomic E-state index is -1.07. The largest absolute Gasteiger partial charge is 0.385 e. The highest BCUT2D eigenvalue weighted by molar-refractivity contribution is 8.16. The Kier molecular flexibility index (Phi) is 6.85. The molecule has 0 spiro atoms. The molecular weight excluding hydrogens is 484 g/mol. The van der Waals surface area contributed by atoms with Crippen LogP contribution in [0.3, 0.4) is 0 Å². The van der Waals surface area contributed by atoms with Crippen molar-refractivity contribution in [1.82, 2.24) is 0 Å². The number of hydrogen-bond donors (Lipinski definition) is 1.